The number of hydrogen-bond acceptors (Lipinski definition) is 3. The fourth-order valence-electron chi connectivity index (χ4n) is 2.05. The molecular weight excluding hydrogens is 316 g/mol. The fourth-order valence-corrected chi connectivity index (χ4v) is 2.39. The smallest absolute Gasteiger partial charge is 0.151 e. The van der Waals surface area contributed by atoms with Crippen LogP contribution in [0.25, 0.3) is 10.9 Å². The molecule has 0 amide bonds. The average Bonchev–Trinajstić information content (AvgIpc) is 2.46. The van der Waals surface area contributed by atoms with Crippen LogP contribution < -0.4 is 10.5 Å². The SMILES string of the molecule is Cc1ccc(Br)cc1Oc1ccc2ncccc2c1N. The maximum Gasteiger partial charge on any atom is 0.151 e. The second-order valence-corrected chi connectivity index (χ2v) is 5.48. The first-order valence-electron chi connectivity index (χ1n) is 6.22. The standard InChI is InChI=1S/C16H13BrN2O/c1-10-4-5-11(17)9-15(10)20-14-7-6-13-12(16(14)18)3-2-8-19-13/h2-9H,18H2,1H3. The maximum atomic E-state index is 6.18. The van der Waals surface area contributed by atoms with Crippen LogP contribution in [0.1, 0.15) is 5.56 Å². The largest absolute Gasteiger partial charge is 0.455 e. The molecule has 2 aromatic carbocycles. The number of nitrogens with two attached hydrogens (primary N) is 1. The predicted molar refractivity (Wildman–Crippen MR) is 85.1 cm³/mol. The number of aromatic nitrogens is 1. The Kier molecular flexibility index (Phi) is 3.32. The molecule has 0 bridgehead atoms. The Morgan fingerprint density at radius 2 is 1.95 bits per heavy atom. The van der Waals surface area contributed by atoms with E-state index in [1.165, 1.54) is 0 Å². The molecule has 0 spiro atoms. The van der Waals surface area contributed by atoms with E-state index in [1.54, 1.807) is 6.20 Å². The number of nitrogens with zero attached hydrogens (tertiary/aromatic N) is 1. The molecule has 20 heavy (non-hydrogen) atoms. The minimum absolute atomic E-state index is 0.606. The molecule has 3 aromatic rings. The molecule has 0 unspecified atom stereocenters. The lowest BCUT2D eigenvalue weighted by molar-refractivity contribution is 0.481. The number of ether oxygens (including phenoxy) is 1. The second-order valence-electron chi connectivity index (χ2n) is 4.56. The minimum atomic E-state index is 0.606. The summed E-state index contributed by atoms with van der Waals surface area (Å²) in [4.78, 5) is 4.28. The molecule has 3 nitrogen and oxygen atoms in total. The summed E-state index contributed by atoms with van der Waals surface area (Å²) in [6.45, 7) is 2.00. The van der Waals surface area contributed by atoms with Crippen LogP contribution in [0.2, 0.25) is 0 Å². The highest BCUT2D eigenvalue weighted by molar-refractivity contribution is 9.10. The molecule has 0 aliphatic carbocycles. The van der Waals surface area contributed by atoms with Crippen LogP contribution in [0.4, 0.5) is 5.69 Å². The van der Waals surface area contributed by atoms with Gasteiger partial charge in [0.1, 0.15) is 5.75 Å². The lowest BCUT2D eigenvalue weighted by atomic mass is 10.1. The minimum Gasteiger partial charge on any atom is -0.455 e. The van der Waals surface area contributed by atoms with Crippen LogP contribution in [0.3, 0.4) is 0 Å². The summed E-state index contributed by atoms with van der Waals surface area (Å²) in [6, 6.07) is 13.5. The lowest BCUT2D eigenvalue weighted by Gasteiger charge is -2.12. The Labute approximate surface area is 125 Å². The lowest BCUT2D eigenvalue weighted by Crippen LogP contribution is -1.95. The van der Waals surface area contributed by atoms with Gasteiger partial charge in [0.25, 0.3) is 0 Å². The Balaban J connectivity index is 2.07. The van der Waals surface area contributed by atoms with Gasteiger partial charge in [0.15, 0.2) is 5.75 Å². The molecule has 0 saturated heterocycles. The molecule has 0 radical (unpaired) electrons. The van der Waals surface area contributed by atoms with Gasteiger partial charge in [-0.1, -0.05) is 22.0 Å². The number of fused-ring (bicyclic) bond motifs is 1. The van der Waals surface area contributed by atoms with Gasteiger partial charge in [-0.2, -0.15) is 0 Å². The quantitative estimate of drug-likeness (QED) is 0.695. The summed E-state index contributed by atoms with van der Waals surface area (Å²) in [5.41, 5.74) is 8.70. The maximum absolute atomic E-state index is 6.18. The molecular formula is C16H13BrN2O. The average molecular weight is 329 g/mol. The Morgan fingerprint density at radius 3 is 2.80 bits per heavy atom. The number of anilines is 1. The van der Waals surface area contributed by atoms with Crippen molar-refractivity contribution >= 4 is 32.5 Å². The highest BCUT2D eigenvalue weighted by Gasteiger charge is 2.09. The van der Waals surface area contributed by atoms with Crippen molar-refractivity contribution in [1.82, 2.24) is 4.98 Å². The van der Waals surface area contributed by atoms with Gasteiger partial charge in [0, 0.05) is 16.1 Å². The van der Waals surface area contributed by atoms with Gasteiger partial charge >= 0.3 is 0 Å². The molecule has 1 aromatic heterocycles. The zero-order chi connectivity index (χ0) is 14.1. The molecule has 2 N–H and O–H groups in total. The Morgan fingerprint density at radius 1 is 1.10 bits per heavy atom. The van der Waals surface area contributed by atoms with Gasteiger partial charge in [0.2, 0.25) is 0 Å². The van der Waals surface area contributed by atoms with Crippen LogP contribution in [0, 0.1) is 6.92 Å². The number of benzene rings is 2. The Hall–Kier alpha value is -2.07. The molecule has 0 saturated carbocycles. The highest BCUT2D eigenvalue weighted by atomic mass is 79.9. The zero-order valence-corrected chi connectivity index (χ0v) is 12.5. The van der Waals surface area contributed by atoms with Gasteiger partial charge < -0.3 is 10.5 Å². The summed E-state index contributed by atoms with van der Waals surface area (Å²) >= 11 is 3.45. The van der Waals surface area contributed by atoms with E-state index in [4.69, 9.17) is 10.5 Å². The molecule has 0 fully saturated rings. The van der Waals surface area contributed by atoms with Crippen molar-refractivity contribution in [2.75, 3.05) is 5.73 Å². The summed E-state index contributed by atoms with van der Waals surface area (Å²) < 4.78 is 6.92. The number of hydrogen-bond donors (Lipinski definition) is 1. The van der Waals surface area contributed by atoms with Crippen molar-refractivity contribution in [3.63, 3.8) is 0 Å². The number of rotatable bonds is 2. The molecule has 0 aliphatic heterocycles. The molecule has 0 aliphatic rings. The van der Waals surface area contributed by atoms with Crippen LogP contribution in [0.15, 0.2) is 53.1 Å². The van der Waals surface area contributed by atoms with E-state index in [-0.39, 0.29) is 0 Å². The van der Waals surface area contributed by atoms with Crippen LogP contribution in [0.5, 0.6) is 11.5 Å². The van der Waals surface area contributed by atoms with E-state index >= 15 is 0 Å². The third kappa shape index (κ3) is 2.34. The summed E-state index contributed by atoms with van der Waals surface area (Å²) in [7, 11) is 0. The van der Waals surface area contributed by atoms with E-state index in [2.05, 4.69) is 20.9 Å². The first-order valence-corrected chi connectivity index (χ1v) is 7.01. The molecule has 3 rings (SSSR count). The van der Waals surface area contributed by atoms with Gasteiger partial charge in [-0.3, -0.25) is 4.98 Å². The highest BCUT2D eigenvalue weighted by Crippen LogP contribution is 2.35. The van der Waals surface area contributed by atoms with Gasteiger partial charge in [-0.05, 0) is 48.9 Å². The Bertz CT molecular complexity index is 787. The topological polar surface area (TPSA) is 48.1 Å². The van der Waals surface area contributed by atoms with Gasteiger partial charge in [-0.25, -0.2) is 0 Å². The molecule has 100 valence electrons. The van der Waals surface area contributed by atoms with E-state index in [0.717, 1.165) is 26.7 Å². The number of halogens is 1. The molecule has 0 atom stereocenters. The van der Waals surface area contributed by atoms with Crippen molar-refractivity contribution in [3.8, 4) is 11.5 Å². The van der Waals surface area contributed by atoms with Crippen molar-refractivity contribution in [1.29, 1.82) is 0 Å². The van der Waals surface area contributed by atoms with Gasteiger partial charge in [-0.15, -0.1) is 0 Å². The number of nitrogen functional groups attached to an aromatic ring is 1. The number of aryl methyl sites for hydroxylation is 1. The van der Waals surface area contributed by atoms with Crippen molar-refractivity contribution < 1.29 is 4.74 Å². The van der Waals surface area contributed by atoms with Crippen LogP contribution >= 0.6 is 15.9 Å². The number of pyridine rings is 1. The van der Waals surface area contributed by atoms with Gasteiger partial charge in [0.05, 0.1) is 11.2 Å². The summed E-state index contributed by atoms with van der Waals surface area (Å²) in [5.74, 6) is 1.43. The van der Waals surface area contributed by atoms with Crippen molar-refractivity contribution in [2.24, 2.45) is 0 Å². The van der Waals surface area contributed by atoms with E-state index < -0.39 is 0 Å². The monoisotopic (exact) mass is 328 g/mol. The summed E-state index contributed by atoms with van der Waals surface area (Å²) in [6.07, 6.45) is 1.75. The first-order chi connectivity index (χ1) is 9.65. The van der Waals surface area contributed by atoms with Crippen LogP contribution in [-0.4, -0.2) is 4.98 Å². The third-order valence-corrected chi connectivity index (χ3v) is 3.65. The van der Waals surface area contributed by atoms with Crippen molar-refractivity contribution in [3.05, 3.63) is 58.7 Å². The molecule has 4 heteroatoms. The normalized spacial score (nSPS) is 10.7. The third-order valence-electron chi connectivity index (χ3n) is 3.16. The molecule has 1 heterocycles. The van der Waals surface area contributed by atoms with Crippen molar-refractivity contribution in [2.45, 2.75) is 6.92 Å². The van der Waals surface area contributed by atoms with E-state index in [1.807, 2.05) is 49.4 Å². The predicted octanol–water partition coefficient (Wildman–Crippen LogP) is 4.68. The van der Waals surface area contributed by atoms with E-state index in [9.17, 15) is 0 Å². The summed E-state index contributed by atoms with van der Waals surface area (Å²) in [5, 5.41) is 0.901. The van der Waals surface area contributed by atoms with Crippen LogP contribution in [-0.2, 0) is 0 Å². The zero-order valence-electron chi connectivity index (χ0n) is 10.9. The second kappa shape index (κ2) is 5.13. The first kappa shape index (κ1) is 12.9. The fraction of sp³-hybridized carbons (Fsp3) is 0.0625. The van der Waals surface area contributed by atoms with E-state index in [0.29, 0.717) is 11.4 Å².